The molecule has 0 atom stereocenters. The molecule has 1 aromatic heterocycles. The zero-order valence-corrected chi connectivity index (χ0v) is 15.2. The Morgan fingerprint density at radius 3 is 2.87 bits per heavy atom. The molecule has 7 heteroatoms. The lowest BCUT2D eigenvalue weighted by Crippen LogP contribution is -2.17. The second-order valence-electron chi connectivity index (χ2n) is 5.89. The third-order valence-electron chi connectivity index (χ3n) is 4.45. The van der Waals surface area contributed by atoms with Crippen LogP contribution in [0.2, 0.25) is 0 Å². The topological polar surface area (TPSA) is 50.6 Å². The van der Waals surface area contributed by atoms with Crippen molar-refractivity contribution >= 4 is 33.0 Å². The molecule has 1 aromatic carbocycles. The quantitative estimate of drug-likeness (QED) is 0.558. The van der Waals surface area contributed by atoms with Crippen LogP contribution in [0.1, 0.15) is 12.8 Å². The highest BCUT2D eigenvalue weighted by Crippen LogP contribution is 2.37. The second kappa shape index (κ2) is 6.10. The monoisotopic (exact) mass is 426 g/mol. The van der Waals surface area contributed by atoms with Gasteiger partial charge in [-0.05, 0) is 25.0 Å². The average Bonchev–Trinajstić information content (AvgIpc) is 3.21. The van der Waals surface area contributed by atoms with Crippen LogP contribution in [0.4, 0.5) is 11.5 Å². The fourth-order valence-corrected chi connectivity index (χ4v) is 3.65. The lowest BCUT2D eigenvalue weighted by Gasteiger charge is -2.19. The van der Waals surface area contributed by atoms with Gasteiger partial charge in [-0.15, -0.1) is 0 Å². The largest absolute Gasteiger partial charge is 0.491 e. The minimum Gasteiger partial charge on any atom is -0.491 e. The highest BCUT2D eigenvalue weighted by molar-refractivity contribution is 14.1. The number of benzene rings is 1. The number of aromatic nitrogens is 2. The third-order valence-corrected chi connectivity index (χ3v) is 5.54. The van der Waals surface area contributed by atoms with Crippen LogP contribution in [0.3, 0.4) is 0 Å². The zero-order chi connectivity index (χ0) is 15.8. The first-order chi connectivity index (χ1) is 11.3. The summed E-state index contributed by atoms with van der Waals surface area (Å²) in [4.78, 5) is 7.08. The van der Waals surface area contributed by atoms with Crippen molar-refractivity contribution in [1.29, 1.82) is 0 Å². The van der Waals surface area contributed by atoms with E-state index in [0.29, 0.717) is 6.61 Å². The number of ether oxygens (including phenoxy) is 1. The fraction of sp³-hybridized carbons (Fsp3) is 0.438. The van der Waals surface area contributed by atoms with Crippen LogP contribution in [0.5, 0.6) is 5.75 Å². The van der Waals surface area contributed by atoms with E-state index in [-0.39, 0.29) is 0 Å². The van der Waals surface area contributed by atoms with Gasteiger partial charge in [-0.2, -0.15) is 0 Å². The number of hydrogen-bond acceptors (Lipinski definition) is 4. The number of fused-ring (bicyclic) bond motifs is 3. The highest BCUT2D eigenvalue weighted by Gasteiger charge is 2.21. The summed E-state index contributed by atoms with van der Waals surface area (Å²) in [5.74, 6) is 2.55. The molecule has 0 radical (unpaired) electrons. The van der Waals surface area contributed by atoms with Crippen molar-refractivity contribution in [2.45, 2.75) is 19.4 Å². The molecule has 3 heterocycles. The van der Waals surface area contributed by atoms with Crippen LogP contribution in [0, 0.1) is 0 Å². The first-order valence-corrected chi connectivity index (χ1v) is 9.71. The van der Waals surface area contributed by atoms with E-state index in [1.165, 1.54) is 18.5 Å². The Morgan fingerprint density at radius 1 is 1.26 bits per heavy atom. The first kappa shape index (κ1) is 14.9. The summed E-state index contributed by atoms with van der Waals surface area (Å²) in [6.45, 7) is 3.61. The van der Waals surface area contributed by atoms with E-state index in [4.69, 9.17) is 4.74 Å². The molecule has 0 saturated carbocycles. The molecule has 122 valence electrons. The van der Waals surface area contributed by atoms with Crippen molar-refractivity contribution in [3.05, 3.63) is 24.4 Å². The Kier molecular flexibility index (Phi) is 3.96. The van der Waals surface area contributed by atoms with E-state index in [2.05, 4.69) is 32.7 Å². The molecular formula is C16H19IN4O2. The van der Waals surface area contributed by atoms with E-state index in [1.54, 1.807) is 3.11 Å². The molecule has 4 rings (SSSR count). The van der Waals surface area contributed by atoms with E-state index < -0.39 is 21.5 Å². The van der Waals surface area contributed by atoms with Crippen LogP contribution < -0.4 is 12.8 Å². The van der Waals surface area contributed by atoms with Crippen molar-refractivity contribution in [2.24, 2.45) is 0 Å². The minimum absolute atomic E-state index is 0.620. The van der Waals surface area contributed by atoms with Gasteiger partial charge in [-0.1, -0.05) is 0 Å². The summed E-state index contributed by atoms with van der Waals surface area (Å²) in [5.41, 5.74) is 2.23. The molecule has 0 amide bonds. The number of halogens is 1. The number of rotatable bonds is 3. The number of nitrogens with zero attached hydrogens (tertiary/aromatic N) is 4. The second-order valence-corrected chi connectivity index (χ2v) is 7.73. The Bertz CT molecular complexity index is 740. The predicted molar refractivity (Wildman–Crippen MR) is 97.7 cm³/mol. The lowest BCUT2D eigenvalue weighted by molar-refractivity contribution is 0.307. The van der Waals surface area contributed by atoms with Crippen molar-refractivity contribution in [3.63, 3.8) is 0 Å². The maximum Gasteiger partial charge on any atom is 0.274 e. The van der Waals surface area contributed by atoms with Gasteiger partial charge in [0, 0.05) is 38.1 Å². The average molecular weight is 426 g/mol. The fourth-order valence-electron chi connectivity index (χ4n) is 3.21. The number of anilines is 2. The van der Waals surface area contributed by atoms with Gasteiger partial charge in [0.25, 0.3) is 21.5 Å². The first-order valence-electron chi connectivity index (χ1n) is 7.86. The van der Waals surface area contributed by atoms with E-state index in [1.807, 2.05) is 13.2 Å². The van der Waals surface area contributed by atoms with Crippen molar-refractivity contribution in [3.8, 4) is 17.1 Å². The van der Waals surface area contributed by atoms with Gasteiger partial charge in [0.15, 0.2) is 5.82 Å². The summed E-state index contributed by atoms with van der Waals surface area (Å²) >= 11 is -1.24. The normalized spacial score (nSPS) is 16.5. The van der Waals surface area contributed by atoms with Crippen LogP contribution >= 0.6 is 21.5 Å². The summed E-state index contributed by atoms with van der Waals surface area (Å²) in [7, 11) is 1.82. The lowest BCUT2D eigenvalue weighted by atomic mass is 10.1. The Balaban J connectivity index is 1.75. The molecule has 0 N–H and O–H groups in total. The molecule has 2 aromatic rings. The SMILES string of the molecule is CN(I=O)c1cn2c(n1)-c1ccc(N3CCCC3)cc1OCC2. The molecule has 2 aliphatic heterocycles. The van der Waals surface area contributed by atoms with E-state index in [0.717, 1.165) is 42.6 Å². The molecule has 1 saturated heterocycles. The molecule has 1 fully saturated rings. The van der Waals surface area contributed by atoms with Gasteiger partial charge in [-0.25, -0.2) is 8.05 Å². The summed E-state index contributed by atoms with van der Waals surface area (Å²) in [6, 6.07) is 6.39. The molecule has 23 heavy (non-hydrogen) atoms. The zero-order valence-electron chi connectivity index (χ0n) is 13.0. The van der Waals surface area contributed by atoms with Gasteiger partial charge in [-0.3, -0.25) is 3.11 Å². The molecule has 0 spiro atoms. The van der Waals surface area contributed by atoms with E-state index >= 15 is 0 Å². The summed E-state index contributed by atoms with van der Waals surface area (Å²) in [6.07, 6.45) is 4.48. The predicted octanol–water partition coefficient (Wildman–Crippen LogP) is 3.21. The van der Waals surface area contributed by atoms with Crippen LogP contribution in [-0.2, 0) is 9.61 Å². The maximum absolute atomic E-state index is 11.2. The molecule has 0 unspecified atom stereocenters. The highest BCUT2D eigenvalue weighted by atomic mass is 127. The standard InChI is InChI=1S/C16H19IN4O2/c1-19(17-22)15-11-21-8-9-23-14-10-12(20-6-2-3-7-20)4-5-13(14)16(21)18-15/h4-5,10-11H,2-3,6-9H2,1H3. The molecule has 0 aliphatic carbocycles. The van der Waals surface area contributed by atoms with Crippen molar-refractivity contribution in [2.75, 3.05) is 34.8 Å². The molecule has 6 nitrogen and oxygen atoms in total. The van der Waals surface area contributed by atoms with Crippen LogP contribution in [0.15, 0.2) is 24.4 Å². The summed E-state index contributed by atoms with van der Waals surface area (Å²) < 4.78 is 21.0. The Morgan fingerprint density at radius 2 is 2.09 bits per heavy atom. The molecule has 2 aliphatic rings. The number of imidazole rings is 1. The van der Waals surface area contributed by atoms with Gasteiger partial charge in [0.2, 0.25) is 0 Å². The van der Waals surface area contributed by atoms with Gasteiger partial charge in [0.05, 0.1) is 12.1 Å². The summed E-state index contributed by atoms with van der Waals surface area (Å²) in [5, 5.41) is 0. The third kappa shape index (κ3) is 2.71. The molecule has 0 bridgehead atoms. The maximum atomic E-state index is 11.2. The molecular weight excluding hydrogens is 407 g/mol. The minimum atomic E-state index is -1.24. The number of hydrogen-bond donors (Lipinski definition) is 0. The van der Waals surface area contributed by atoms with Gasteiger partial charge >= 0.3 is 0 Å². The Hall–Kier alpha value is -1.64. The smallest absolute Gasteiger partial charge is 0.274 e. The van der Waals surface area contributed by atoms with Gasteiger partial charge in [0.1, 0.15) is 18.2 Å². The Labute approximate surface area is 146 Å². The van der Waals surface area contributed by atoms with Gasteiger partial charge < -0.3 is 14.2 Å². The van der Waals surface area contributed by atoms with E-state index in [9.17, 15) is 3.07 Å². The van der Waals surface area contributed by atoms with Crippen molar-refractivity contribution in [1.82, 2.24) is 9.55 Å². The van der Waals surface area contributed by atoms with Crippen molar-refractivity contribution < 1.29 is 7.81 Å². The van der Waals surface area contributed by atoms with Crippen LogP contribution in [0.25, 0.3) is 11.4 Å². The van der Waals surface area contributed by atoms with Crippen LogP contribution in [-0.4, -0.2) is 36.3 Å².